The lowest BCUT2D eigenvalue weighted by atomic mass is 10.4. The molecule has 3 aromatic rings. The predicted molar refractivity (Wildman–Crippen MR) is 94.4 cm³/mol. The Morgan fingerprint density at radius 3 is 0.619 bits per heavy atom. The second-order valence-corrected chi connectivity index (χ2v) is 5.20. The minimum Gasteiger partial charge on any atom is -0.0843 e. The van der Waals surface area contributed by atoms with Crippen LogP contribution in [0.15, 0.2) is 91.0 Å². The highest BCUT2D eigenvalue weighted by Crippen LogP contribution is 2.04. The van der Waals surface area contributed by atoms with E-state index in [2.05, 4.69) is 0 Å². The fraction of sp³-hybridized carbons (Fsp3) is 0. The van der Waals surface area contributed by atoms with Crippen LogP contribution in [0.1, 0.15) is 0 Å². The molecule has 0 radical (unpaired) electrons. The summed E-state index contributed by atoms with van der Waals surface area (Å²) < 4.78 is 0. The maximum absolute atomic E-state index is 5.54. The monoisotopic (exact) mass is 336 g/mol. The van der Waals surface area contributed by atoms with E-state index in [1.807, 2.05) is 91.0 Å². The van der Waals surface area contributed by atoms with Gasteiger partial charge in [0, 0.05) is 15.1 Å². The largest absolute Gasteiger partial charge is 0.0843 e. The molecule has 3 rings (SSSR count). The Morgan fingerprint density at radius 2 is 0.524 bits per heavy atom. The normalized spacial score (nSPS) is 8.71. The minimum atomic E-state index is 0.794. The molecule has 0 aromatic heterocycles. The molecular formula is C18H15Cl3. The summed E-state index contributed by atoms with van der Waals surface area (Å²) in [7, 11) is 0. The minimum absolute atomic E-state index is 0.794. The third kappa shape index (κ3) is 9.97. The first kappa shape index (κ1) is 17.6. The van der Waals surface area contributed by atoms with Crippen molar-refractivity contribution in [1.82, 2.24) is 0 Å². The van der Waals surface area contributed by atoms with Crippen LogP contribution in [0.3, 0.4) is 0 Å². The Balaban J connectivity index is 0.000000157. The molecule has 0 saturated heterocycles. The zero-order valence-corrected chi connectivity index (χ0v) is 13.6. The summed E-state index contributed by atoms with van der Waals surface area (Å²) in [5, 5.41) is 2.38. The number of benzene rings is 3. The average molecular weight is 338 g/mol. The van der Waals surface area contributed by atoms with E-state index in [0.717, 1.165) is 15.1 Å². The molecule has 0 aliphatic carbocycles. The summed E-state index contributed by atoms with van der Waals surface area (Å²) in [4.78, 5) is 0. The molecule has 0 aliphatic heterocycles. The lowest BCUT2D eigenvalue weighted by Gasteiger charge is -1.80. The summed E-state index contributed by atoms with van der Waals surface area (Å²) >= 11 is 16.6. The van der Waals surface area contributed by atoms with Gasteiger partial charge in [-0.15, -0.1) is 0 Å². The van der Waals surface area contributed by atoms with Gasteiger partial charge in [-0.25, -0.2) is 0 Å². The Labute approximate surface area is 140 Å². The zero-order valence-electron chi connectivity index (χ0n) is 11.3. The standard InChI is InChI=1S/3C6H5Cl/c3*7-6-4-2-1-3-5-6/h3*1-5H. The number of hydrogen-bond acceptors (Lipinski definition) is 0. The zero-order chi connectivity index (χ0) is 15.3. The molecule has 0 atom stereocenters. The van der Waals surface area contributed by atoms with Gasteiger partial charge in [0.25, 0.3) is 0 Å². The van der Waals surface area contributed by atoms with E-state index < -0.39 is 0 Å². The lowest BCUT2D eigenvalue weighted by Crippen LogP contribution is -1.55. The van der Waals surface area contributed by atoms with Crippen molar-refractivity contribution >= 4 is 34.8 Å². The maximum Gasteiger partial charge on any atom is 0.0405 e. The molecular weight excluding hydrogens is 323 g/mol. The van der Waals surface area contributed by atoms with Crippen molar-refractivity contribution < 1.29 is 0 Å². The summed E-state index contributed by atoms with van der Waals surface area (Å²) in [6.07, 6.45) is 0. The van der Waals surface area contributed by atoms with Crippen LogP contribution in [-0.4, -0.2) is 0 Å². The molecule has 0 saturated carbocycles. The van der Waals surface area contributed by atoms with E-state index in [0.29, 0.717) is 0 Å². The van der Waals surface area contributed by atoms with Crippen LogP contribution < -0.4 is 0 Å². The van der Waals surface area contributed by atoms with Crippen LogP contribution in [-0.2, 0) is 0 Å². The van der Waals surface area contributed by atoms with Crippen molar-refractivity contribution in [2.45, 2.75) is 0 Å². The van der Waals surface area contributed by atoms with Gasteiger partial charge in [0.05, 0.1) is 0 Å². The maximum atomic E-state index is 5.54. The van der Waals surface area contributed by atoms with Crippen molar-refractivity contribution in [3.8, 4) is 0 Å². The highest BCUT2D eigenvalue weighted by molar-refractivity contribution is 6.31. The van der Waals surface area contributed by atoms with Crippen LogP contribution in [0.25, 0.3) is 0 Å². The van der Waals surface area contributed by atoms with E-state index in [1.165, 1.54) is 0 Å². The van der Waals surface area contributed by atoms with Crippen molar-refractivity contribution in [1.29, 1.82) is 0 Å². The molecule has 0 nitrogen and oxygen atoms in total. The number of hydrogen-bond donors (Lipinski definition) is 0. The smallest absolute Gasteiger partial charge is 0.0405 e. The van der Waals surface area contributed by atoms with E-state index in [4.69, 9.17) is 34.8 Å². The van der Waals surface area contributed by atoms with Gasteiger partial charge in [0.1, 0.15) is 0 Å². The fourth-order valence-electron chi connectivity index (χ4n) is 1.24. The summed E-state index contributed by atoms with van der Waals surface area (Å²) in [5.74, 6) is 0. The second kappa shape index (κ2) is 11.2. The SMILES string of the molecule is Clc1ccccc1.Clc1ccccc1.Clc1ccccc1. The fourth-order valence-corrected chi connectivity index (χ4v) is 1.68. The van der Waals surface area contributed by atoms with E-state index in [1.54, 1.807) is 0 Å². The first-order valence-corrected chi connectivity index (χ1v) is 7.43. The third-order valence-corrected chi connectivity index (χ3v) is 2.96. The van der Waals surface area contributed by atoms with E-state index >= 15 is 0 Å². The highest BCUT2D eigenvalue weighted by Gasteiger charge is 1.76. The summed E-state index contributed by atoms with van der Waals surface area (Å²) in [5.41, 5.74) is 0. The summed E-state index contributed by atoms with van der Waals surface area (Å²) in [6, 6.07) is 28.3. The van der Waals surface area contributed by atoms with Gasteiger partial charge < -0.3 is 0 Å². The second-order valence-electron chi connectivity index (χ2n) is 3.89. The quantitative estimate of drug-likeness (QED) is 0.413. The van der Waals surface area contributed by atoms with Gasteiger partial charge in [-0.05, 0) is 36.4 Å². The molecule has 3 aromatic carbocycles. The molecule has 21 heavy (non-hydrogen) atoms. The first-order valence-electron chi connectivity index (χ1n) is 6.30. The molecule has 0 heterocycles. The van der Waals surface area contributed by atoms with Crippen LogP contribution in [0.2, 0.25) is 15.1 Å². The molecule has 3 heteroatoms. The van der Waals surface area contributed by atoms with Crippen molar-refractivity contribution in [3.63, 3.8) is 0 Å². The van der Waals surface area contributed by atoms with Crippen LogP contribution >= 0.6 is 34.8 Å². The van der Waals surface area contributed by atoms with Crippen LogP contribution in [0, 0.1) is 0 Å². The Bertz CT molecular complexity index is 491. The van der Waals surface area contributed by atoms with Gasteiger partial charge in [-0.2, -0.15) is 0 Å². The molecule has 0 unspecified atom stereocenters. The lowest BCUT2D eigenvalue weighted by molar-refractivity contribution is 1.71. The predicted octanol–water partition coefficient (Wildman–Crippen LogP) is 7.02. The average Bonchev–Trinajstić information content (AvgIpc) is 2.51. The highest BCUT2D eigenvalue weighted by atomic mass is 35.5. The number of halogens is 3. The van der Waals surface area contributed by atoms with Crippen molar-refractivity contribution in [2.24, 2.45) is 0 Å². The van der Waals surface area contributed by atoms with Gasteiger partial charge in [-0.3, -0.25) is 0 Å². The molecule has 0 N–H and O–H groups in total. The van der Waals surface area contributed by atoms with Crippen molar-refractivity contribution in [3.05, 3.63) is 106 Å². The Kier molecular flexibility index (Phi) is 9.39. The van der Waals surface area contributed by atoms with Gasteiger partial charge in [-0.1, -0.05) is 89.4 Å². The molecule has 0 spiro atoms. The van der Waals surface area contributed by atoms with Gasteiger partial charge in [0.2, 0.25) is 0 Å². The Hall–Kier alpha value is -1.47. The van der Waals surface area contributed by atoms with Crippen LogP contribution in [0.5, 0.6) is 0 Å². The third-order valence-electron chi connectivity index (χ3n) is 2.20. The van der Waals surface area contributed by atoms with Crippen molar-refractivity contribution in [2.75, 3.05) is 0 Å². The molecule has 108 valence electrons. The van der Waals surface area contributed by atoms with E-state index in [9.17, 15) is 0 Å². The molecule has 0 aliphatic rings. The Morgan fingerprint density at radius 1 is 0.333 bits per heavy atom. The molecule has 0 amide bonds. The van der Waals surface area contributed by atoms with Crippen LogP contribution in [0.4, 0.5) is 0 Å². The number of rotatable bonds is 0. The van der Waals surface area contributed by atoms with E-state index in [-0.39, 0.29) is 0 Å². The van der Waals surface area contributed by atoms with Gasteiger partial charge >= 0.3 is 0 Å². The molecule has 0 fully saturated rings. The van der Waals surface area contributed by atoms with Gasteiger partial charge in [0.15, 0.2) is 0 Å². The topological polar surface area (TPSA) is 0 Å². The summed E-state index contributed by atoms with van der Waals surface area (Å²) in [6.45, 7) is 0. The molecule has 0 bridgehead atoms. The first-order chi connectivity index (χ1) is 10.2.